The molecule has 0 saturated carbocycles. The molecule has 2 aromatic rings. The number of nitrogens with two attached hydrogens (primary N) is 1. The fraction of sp³-hybridized carbons (Fsp3) is 0.250. The number of halogens is 1. The van der Waals surface area contributed by atoms with Crippen molar-refractivity contribution in [3.8, 4) is 5.75 Å². The zero-order valence-corrected chi connectivity index (χ0v) is 16.1. The van der Waals surface area contributed by atoms with E-state index < -0.39 is 33.8 Å². The van der Waals surface area contributed by atoms with E-state index in [0.29, 0.717) is 11.5 Å². The van der Waals surface area contributed by atoms with E-state index in [1.165, 1.54) is 24.3 Å². The monoisotopic (exact) mass is 415 g/mol. The standard InChI is InChI=1S/C16H18FN3O5S2/c1-3-25-12-5-4-10(17)8-11(12)15(21)19-9(2)13-6-7-14(26-13)27(23,24)20-16(18)22/h4-9H,3H2,1-2H3,(H,19,21)(H3,18,20,22). The summed E-state index contributed by atoms with van der Waals surface area (Å²) in [5, 5.41) is 2.66. The van der Waals surface area contributed by atoms with Crippen LogP contribution in [0.5, 0.6) is 5.75 Å². The van der Waals surface area contributed by atoms with Gasteiger partial charge in [0.15, 0.2) is 0 Å². The quantitative estimate of drug-likeness (QED) is 0.638. The van der Waals surface area contributed by atoms with Crippen molar-refractivity contribution in [3.63, 3.8) is 0 Å². The summed E-state index contributed by atoms with van der Waals surface area (Å²) in [6.45, 7) is 3.68. The Morgan fingerprint density at radius 3 is 2.63 bits per heavy atom. The van der Waals surface area contributed by atoms with E-state index >= 15 is 0 Å². The van der Waals surface area contributed by atoms with E-state index in [4.69, 9.17) is 10.5 Å². The molecule has 1 aromatic heterocycles. The molecule has 8 nitrogen and oxygen atoms in total. The highest BCUT2D eigenvalue weighted by atomic mass is 32.2. The average Bonchev–Trinajstić information content (AvgIpc) is 3.06. The van der Waals surface area contributed by atoms with Gasteiger partial charge in [-0.05, 0) is 44.2 Å². The number of hydrogen-bond acceptors (Lipinski definition) is 6. The summed E-state index contributed by atoms with van der Waals surface area (Å²) in [5.74, 6) is -0.916. The molecule has 1 aromatic carbocycles. The lowest BCUT2D eigenvalue weighted by Crippen LogP contribution is -2.34. The van der Waals surface area contributed by atoms with E-state index in [2.05, 4.69) is 5.32 Å². The Bertz CT molecular complexity index is 959. The molecule has 0 radical (unpaired) electrons. The zero-order chi connectivity index (χ0) is 20.2. The van der Waals surface area contributed by atoms with Crippen molar-refractivity contribution in [3.05, 3.63) is 46.6 Å². The second-order valence-electron chi connectivity index (χ2n) is 5.40. The first-order valence-electron chi connectivity index (χ1n) is 7.79. The minimum absolute atomic E-state index is 0.0310. The Labute approximate surface area is 159 Å². The maximum atomic E-state index is 13.5. The third-order valence-electron chi connectivity index (χ3n) is 3.36. The van der Waals surface area contributed by atoms with E-state index in [1.807, 2.05) is 0 Å². The first-order chi connectivity index (χ1) is 12.6. The van der Waals surface area contributed by atoms with Crippen molar-refractivity contribution in [2.24, 2.45) is 5.73 Å². The number of amides is 3. The fourth-order valence-corrected chi connectivity index (χ4v) is 4.41. The van der Waals surface area contributed by atoms with Crippen molar-refractivity contribution in [2.45, 2.75) is 24.1 Å². The van der Waals surface area contributed by atoms with Crippen LogP contribution in [-0.2, 0) is 10.0 Å². The third kappa shape index (κ3) is 5.17. The number of sulfonamides is 1. The topological polar surface area (TPSA) is 128 Å². The van der Waals surface area contributed by atoms with Crippen molar-refractivity contribution in [1.29, 1.82) is 0 Å². The summed E-state index contributed by atoms with van der Waals surface area (Å²) < 4.78 is 44.2. The van der Waals surface area contributed by atoms with Gasteiger partial charge in [-0.1, -0.05) is 0 Å². The number of rotatable bonds is 7. The highest BCUT2D eigenvalue weighted by Crippen LogP contribution is 2.27. The van der Waals surface area contributed by atoms with Crippen LogP contribution < -0.4 is 20.5 Å². The Balaban J connectivity index is 2.19. The van der Waals surface area contributed by atoms with Gasteiger partial charge in [0.05, 0.1) is 18.2 Å². The van der Waals surface area contributed by atoms with E-state index in [1.54, 1.807) is 18.6 Å². The Kier molecular flexibility index (Phi) is 6.39. The number of urea groups is 1. The van der Waals surface area contributed by atoms with Gasteiger partial charge < -0.3 is 15.8 Å². The van der Waals surface area contributed by atoms with Crippen LogP contribution in [0.3, 0.4) is 0 Å². The predicted octanol–water partition coefficient (Wildman–Crippen LogP) is 2.13. The molecular weight excluding hydrogens is 397 g/mol. The van der Waals surface area contributed by atoms with E-state index in [0.717, 1.165) is 17.4 Å². The predicted molar refractivity (Wildman–Crippen MR) is 97.7 cm³/mol. The molecule has 0 bridgehead atoms. The lowest BCUT2D eigenvalue weighted by atomic mass is 10.1. The number of ether oxygens (including phenoxy) is 1. The summed E-state index contributed by atoms with van der Waals surface area (Å²) >= 11 is 0.866. The van der Waals surface area contributed by atoms with Gasteiger partial charge in [0, 0.05) is 4.88 Å². The first kappa shape index (κ1) is 20.6. The largest absolute Gasteiger partial charge is 0.493 e. The maximum absolute atomic E-state index is 13.5. The van der Waals surface area contributed by atoms with Gasteiger partial charge in [-0.2, -0.15) is 0 Å². The number of primary amides is 1. The SMILES string of the molecule is CCOc1ccc(F)cc1C(=O)NC(C)c1ccc(S(=O)(=O)NC(N)=O)s1. The molecule has 0 aliphatic carbocycles. The Hall–Kier alpha value is -2.66. The molecule has 0 saturated heterocycles. The number of carbonyl (C=O) groups is 2. The number of thiophene rings is 1. The molecule has 0 spiro atoms. The van der Waals surface area contributed by atoms with E-state index in [-0.39, 0.29) is 15.5 Å². The van der Waals surface area contributed by atoms with Gasteiger partial charge >= 0.3 is 6.03 Å². The van der Waals surface area contributed by atoms with Crippen molar-refractivity contribution >= 4 is 33.3 Å². The minimum atomic E-state index is -4.06. The van der Waals surface area contributed by atoms with Gasteiger partial charge in [0.2, 0.25) is 0 Å². The molecule has 4 N–H and O–H groups in total. The summed E-state index contributed by atoms with van der Waals surface area (Å²) in [7, 11) is -4.06. The molecule has 2 rings (SSSR count). The summed E-state index contributed by atoms with van der Waals surface area (Å²) in [5.41, 5.74) is 4.87. The zero-order valence-electron chi connectivity index (χ0n) is 14.5. The smallest absolute Gasteiger partial charge is 0.326 e. The summed E-state index contributed by atoms with van der Waals surface area (Å²) in [6, 6.07) is 4.64. The van der Waals surface area contributed by atoms with Crippen molar-refractivity contribution in [1.82, 2.24) is 10.0 Å². The molecule has 27 heavy (non-hydrogen) atoms. The van der Waals surface area contributed by atoms with Crippen LogP contribution in [0.4, 0.5) is 9.18 Å². The minimum Gasteiger partial charge on any atom is -0.493 e. The molecule has 1 heterocycles. The van der Waals surface area contributed by atoms with Crippen LogP contribution in [0.1, 0.15) is 35.1 Å². The maximum Gasteiger partial charge on any atom is 0.326 e. The molecule has 0 aliphatic heterocycles. The highest BCUT2D eigenvalue weighted by Gasteiger charge is 2.22. The second-order valence-corrected chi connectivity index (χ2v) is 8.42. The molecule has 1 atom stereocenters. The van der Waals surface area contributed by atoms with Gasteiger partial charge in [-0.25, -0.2) is 22.3 Å². The molecule has 11 heteroatoms. The van der Waals surface area contributed by atoms with Gasteiger partial charge in [0.25, 0.3) is 15.9 Å². The van der Waals surface area contributed by atoms with Crippen LogP contribution in [-0.4, -0.2) is 27.0 Å². The van der Waals surface area contributed by atoms with Crippen LogP contribution in [0.2, 0.25) is 0 Å². The lowest BCUT2D eigenvalue weighted by molar-refractivity contribution is 0.0936. The highest BCUT2D eigenvalue weighted by molar-refractivity contribution is 7.92. The number of nitrogens with one attached hydrogen (secondary N) is 2. The Morgan fingerprint density at radius 1 is 1.30 bits per heavy atom. The average molecular weight is 415 g/mol. The molecule has 0 aliphatic rings. The summed E-state index contributed by atoms with van der Waals surface area (Å²) in [4.78, 5) is 23.8. The summed E-state index contributed by atoms with van der Waals surface area (Å²) in [6.07, 6.45) is 0. The van der Waals surface area contributed by atoms with Gasteiger partial charge in [-0.3, -0.25) is 4.79 Å². The first-order valence-corrected chi connectivity index (χ1v) is 10.1. The molecular formula is C16H18FN3O5S2. The van der Waals surface area contributed by atoms with Crippen molar-refractivity contribution < 1.29 is 27.1 Å². The lowest BCUT2D eigenvalue weighted by Gasteiger charge is -2.15. The van der Waals surface area contributed by atoms with Crippen LogP contribution in [0.25, 0.3) is 0 Å². The van der Waals surface area contributed by atoms with E-state index in [9.17, 15) is 22.4 Å². The second kappa shape index (κ2) is 8.35. The molecule has 3 amide bonds. The number of benzene rings is 1. The Morgan fingerprint density at radius 2 is 2.00 bits per heavy atom. The normalized spacial score (nSPS) is 12.3. The number of carbonyl (C=O) groups excluding carboxylic acids is 2. The van der Waals surface area contributed by atoms with Gasteiger partial charge in [-0.15, -0.1) is 11.3 Å². The molecule has 146 valence electrons. The van der Waals surface area contributed by atoms with Crippen LogP contribution >= 0.6 is 11.3 Å². The van der Waals surface area contributed by atoms with Gasteiger partial charge in [0.1, 0.15) is 15.8 Å². The fourth-order valence-electron chi connectivity index (χ4n) is 2.20. The number of hydrogen-bond donors (Lipinski definition) is 3. The van der Waals surface area contributed by atoms with Crippen LogP contribution in [0, 0.1) is 5.82 Å². The van der Waals surface area contributed by atoms with Crippen molar-refractivity contribution in [2.75, 3.05) is 6.61 Å². The molecule has 1 unspecified atom stereocenters. The third-order valence-corrected chi connectivity index (χ3v) is 6.47. The molecule has 0 fully saturated rings. The van der Waals surface area contributed by atoms with Crippen LogP contribution in [0.15, 0.2) is 34.5 Å².